The van der Waals surface area contributed by atoms with Crippen LogP contribution in [0.2, 0.25) is 0 Å². The minimum Gasteiger partial charge on any atom is -0.462 e. The van der Waals surface area contributed by atoms with Crippen molar-refractivity contribution in [3.8, 4) is 0 Å². The van der Waals surface area contributed by atoms with E-state index in [-0.39, 0.29) is 31.1 Å². The Balaban J connectivity index is 4.33. The van der Waals surface area contributed by atoms with E-state index >= 15 is 0 Å². The minimum atomic E-state index is -0.793. The summed E-state index contributed by atoms with van der Waals surface area (Å²) >= 11 is 0. The lowest BCUT2D eigenvalue weighted by molar-refractivity contribution is -0.167. The van der Waals surface area contributed by atoms with Gasteiger partial charge in [0.05, 0.1) is 0 Å². The summed E-state index contributed by atoms with van der Waals surface area (Å²) in [5, 5.41) is 0. The van der Waals surface area contributed by atoms with E-state index < -0.39 is 6.10 Å². The van der Waals surface area contributed by atoms with Crippen molar-refractivity contribution in [3.05, 3.63) is 72.9 Å². The van der Waals surface area contributed by atoms with Crippen LogP contribution in [0.5, 0.6) is 0 Å². The molecule has 0 rings (SSSR count). The largest absolute Gasteiger partial charge is 0.462 e. The molecule has 0 N–H and O–H groups in total. The fourth-order valence-corrected chi connectivity index (χ4v) is 9.48. The van der Waals surface area contributed by atoms with Gasteiger partial charge in [-0.05, 0) is 109 Å². The lowest BCUT2D eigenvalue weighted by Gasteiger charge is -2.18. The molecule has 0 fully saturated rings. The molecule has 0 heterocycles. The molecule has 0 bridgehead atoms. The zero-order chi connectivity index (χ0) is 55.0. The van der Waals surface area contributed by atoms with Crippen molar-refractivity contribution in [1.82, 2.24) is 0 Å². The number of unbranched alkanes of at least 4 members (excludes halogenated alkanes) is 37. The Hall–Kier alpha value is -3.15. The normalized spacial score (nSPS) is 12.5. The predicted molar refractivity (Wildman–Crippen MR) is 330 cm³/mol. The summed E-state index contributed by atoms with van der Waals surface area (Å²) in [6.45, 7) is 6.54. The van der Waals surface area contributed by atoms with Crippen LogP contribution in [0.25, 0.3) is 0 Å². The van der Waals surface area contributed by atoms with Gasteiger partial charge < -0.3 is 14.2 Å². The van der Waals surface area contributed by atoms with E-state index in [1.165, 1.54) is 193 Å². The Kier molecular flexibility index (Phi) is 61.7. The van der Waals surface area contributed by atoms with Gasteiger partial charge in [-0.25, -0.2) is 0 Å². The molecule has 0 aliphatic carbocycles. The van der Waals surface area contributed by atoms with Gasteiger partial charge in [0.25, 0.3) is 0 Å². The van der Waals surface area contributed by atoms with E-state index in [0.717, 1.165) is 103 Å². The molecule has 0 spiro atoms. The van der Waals surface area contributed by atoms with Gasteiger partial charge >= 0.3 is 17.9 Å². The molecular formula is C70H124O6. The first-order chi connectivity index (χ1) is 37.5. The third-order valence-electron chi connectivity index (χ3n) is 14.4. The van der Waals surface area contributed by atoms with Crippen molar-refractivity contribution in [1.29, 1.82) is 0 Å². The number of carbonyl (C=O) groups is 3. The summed E-state index contributed by atoms with van der Waals surface area (Å²) in [6, 6.07) is 0. The highest BCUT2D eigenvalue weighted by Crippen LogP contribution is 2.17. The fraction of sp³-hybridized carbons (Fsp3) is 0.786. The van der Waals surface area contributed by atoms with E-state index in [9.17, 15) is 14.4 Å². The number of carbonyl (C=O) groups excluding carboxylic acids is 3. The molecule has 440 valence electrons. The molecule has 0 aromatic carbocycles. The Morgan fingerprint density at radius 3 is 0.816 bits per heavy atom. The predicted octanol–water partition coefficient (Wildman–Crippen LogP) is 22.5. The molecule has 0 saturated heterocycles. The third kappa shape index (κ3) is 61.7. The molecule has 1 atom stereocenters. The van der Waals surface area contributed by atoms with Crippen LogP contribution in [0, 0.1) is 0 Å². The Bertz CT molecular complexity index is 1400. The number of hydrogen-bond acceptors (Lipinski definition) is 6. The molecule has 0 amide bonds. The first-order valence-electron chi connectivity index (χ1n) is 32.9. The third-order valence-corrected chi connectivity index (χ3v) is 14.4. The van der Waals surface area contributed by atoms with Gasteiger partial charge in [0, 0.05) is 19.3 Å². The van der Waals surface area contributed by atoms with Crippen LogP contribution >= 0.6 is 0 Å². The van der Waals surface area contributed by atoms with Crippen molar-refractivity contribution < 1.29 is 28.6 Å². The molecular weight excluding hydrogens is 937 g/mol. The minimum absolute atomic E-state index is 0.0863. The van der Waals surface area contributed by atoms with Crippen molar-refractivity contribution in [2.45, 2.75) is 341 Å². The summed E-state index contributed by atoms with van der Waals surface area (Å²) in [6.07, 6.45) is 83.4. The molecule has 0 aromatic heterocycles. The monoisotopic (exact) mass is 1060 g/mol. The maximum Gasteiger partial charge on any atom is 0.306 e. The average Bonchev–Trinajstić information content (AvgIpc) is 3.42. The van der Waals surface area contributed by atoms with Crippen LogP contribution in [-0.2, 0) is 28.6 Å². The Labute approximate surface area is 472 Å². The smallest absolute Gasteiger partial charge is 0.306 e. The van der Waals surface area contributed by atoms with E-state index in [4.69, 9.17) is 14.2 Å². The quantitative estimate of drug-likeness (QED) is 0.0261. The number of esters is 3. The van der Waals surface area contributed by atoms with E-state index in [2.05, 4.69) is 93.7 Å². The maximum absolute atomic E-state index is 12.9. The van der Waals surface area contributed by atoms with Crippen LogP contribution in [-0.4, -0.2) is 37.2 Å². The Morgan fingerprint density at radius 2 is 0.513 bits per heavy atom. The molecule has 0 radical (unpaired) electrons. The van der Waals surface area contributed by atoms with Gasteiger partial charge in [-0.3, -0.25) is 14.4 Å². The second-order valence-corrected chi connectivity index (χ2v) is 22.0. The maximum atomic E-state index is 12.9. The van der Waals surface area contributed by atoms with E-state index in [1.807, 2.05) is 0 Å². The molecule has 76 heavy (non-hydrogen) atoms. The van der Waals surface area contributed by atoms with Gasteiger partial charge in [0.15, 0.2) is 6.10 Å². The highest BCUT2D eigenvalue weighted by Gasteiger charge is 2.19. The number of rotatable bonds is 60. The molecule has 1 unspecified atom stereocenters. The number of hydrogen-bond donors (Lipinski definition) is 0. The number of ether oxygens (including phenoxy) is 3. The first-order valence-corrected chi connectivity index (χ1v) is 32.9. The lowest BCUT2D eigenvalue weighted by Crippen LogP contribution is -2.30. The van der Waals surface area contributed by atoms with Crippen LogP contribution in [0.3, 0.4) is 0 Å². The fourth-order valence-electron chi connectivity index (χ4n) is 9.48. The van der Waals surface area contributed by atoms with Gasteiger partial charge in [-0.1, -0.05) is 280 Å². The summed E-state index contributed by atoms with van der Waals surface area (Å²) in [4.78, 5) is 38.3. The topological polar surface area (TPSA) is 78.9 Å². The van der Waals surface area contributed by atoms with Crippen molar-refractivity contribution in [2.24, 2.45) is 0 Å². The molecule has 0 aliphatic rings. The molecule has 0 aromatic rings. The van der Waals surface area contributed by atoms with E-state index in [0.29, 0.717) is 19.3 Å². The first kappa shape index (κ1) is 72.8. The van der Waals surface area contributed by atoms with Gasteiger partial charge in [-0.2, -0.15) is 0 Å². The van der Waals surface area contributed by atoms with Crippen LogP contribution in [0.15, 0.2) is 72.9 Å². The second-order valence-electron chi connectivity index (χ2n) is 22.0. The summed E-state index contributed by atoms with van der Waals surface area (Å²) in [5.74, 6) is -0.904. The van der Waals surface area contributed by atoms with Crippen molar-refractivity contribution in [2.75, 3.05) is 13.2 Å². The molecule has 0 saturated carbocycles. The average molecular weight is 1060 g/mol. The van der Waals surface area contributed by atoms with Gasteiger partial charge in [0.1, 0.15) is 13.2 Å². The van der Waals surface area contributed by atoms with Crippen LogP contribution in [0.4, 0.5) is 0 Å². The van der Waals surface area contributed by atoms with E-state index in [1.54, 1.807) is 0 Å². The summed E-state index contributed by atoms with van der Waals surface area (Å²) in [5.41, 5.74) is 0. The standard InChI is InChI=1S/C70H124O6/c1-4-7-10-13-16-19-22-25-28-31-32-33-34-35-36-37-38-40-42-45-48-51-54-57-60-63-69(72)75-66-67(65-74-68(71)62-59-56-53-50-47-44-41-30-27-24-21-18-15-12-9-6-3)76-70(73)64-61-58-55-52-49-46-43-39-29-26-23-20-17-14-11-8-5-2/h8,11,17,20,26,29-32,41,43,46,67H,4-7,9-10,12-16,18-19,21-25,27-28,33-40,42,44-45,47-66H2,1-3H3/b11-8-,20-17-,29-26-,32-31-,41-30-,46-43-. The van der Waals surface area contributed by atoms with Crippen LogP contribution < -0.4 is 0 Å². The molecule has 6 heteroatoms. The summed E-state index contributed by atoms with van der Waals surface area (Å²) < 4.78 is 16.9. The second kappa shape index (κ2) is 64.4. The highest BCUT2D eigenvalue weighted by atomic mass is 16.6. The highest BCUT2D eigenvalue weighted by molar-refractivity contribution is 5.71. The van der Waals surface area contributed by atoms with Crippen molar-refractivity contribution >= 4 is 17.9 Å². The van der Waals surface area contributed by atoms with Gasteiger partial charge in [0.2, 0.25) is 0 Å². The zero-order valence-corrected chi connectivity index (χ0v) is 50.5. The Morgan fingerprint density at radius 1 is 0.276 bits per heavy atom. The SMILES string of the molecule is CC/C=C\C/C=C\C/C=C\C/C=C\CCCCCCC(=O)OC(COC(=O)CCCCCCC/C=C\CCCCCCCCC)COC(=O)CCCCCCCCCCCCCCC/C=C\CCCCCCCCCC. The zero-order valence-electron chi connectivity index (χ0n) is 50.5. The van der Waals surface area contributed by atoms with Crippen LogP contribution in [0.1, 0.15) is 335 Å². The molecule has 0 aliphatic heterocycles. The lowest BCUT2D eigenvalue weighted by atomic mass is 10.0. The van der Waals surface area contributed by atoms with Gasteiger partial charge in [-0.15, -0.1) is 0 Å². The molecule has 6 nitrogen and oxygen atoms in total. The van der Waals surface area contributed by atoms with Crippen molar-refractivity contribution in [3.63, 3.8) is 0 Å². The number of allylic oxidation sites excluding steroid dienone is 12. The summed E-state index contributed by atoms with van der Waals surface area (Å²) in [7, 11) is 0.